The monoisotopic (exact) mass is 408 g/mol. The zero-order valence-electron chi connectivity index (χ0n) is 18.0. The van der Waals surface area contributed by atoms with Gasteiger partial charge in [0.2, 0.25) is 11.8 Å². The minimum absolute atomic E-state index is 0.0111. The van der Waals surface area contributed by atoms with Crippen LogP contribution in [-0.2, 0) is 22.7 Å². The predicted octanol–water partition coefficient (Wildman–Crippen LogP) is 3.22. The van der Waals surface area contributed by atoms with Gasteiger partial charge in [-0.25, -0.2) is 0 Å². The van der Waals surface area contributed by atoms with Gasteiger partial charge in [-0.05, 0) is 35.4 Å². The van der Waals surface area contributed by atoms with Gasteiger partial charge in [-0.2, -0.15) is 5.10 Å². The summed E-state index contributed by atoms with van der Waals surface area (Å²) in [7, 11) is 0. The van der Waals surface area contributed by atoms with Crippen LogP contribution in [0.25, 0.3) is 0 Å². The Hall–Kier alpha value is -2.63. The molecule has 1 aliphatic carbocycles. The first-order valence-corrected chi connectivity index (χ1v) is 11.1. The van der Waals surface area contributed by atoms with Crippen LogP contribution in [0.1, 0.15) is 50.7 Å². The number of carbonyl (C=O) groups is 2. The van der Waals surface area contributed by atoms with E-state index >= 15 is 0 Å². The maximum Gasteiger partial charge on any atom is 0.225 e. The highest BCUT2D eigenvalue weighted by molar-refractivity contribution is 5.89. The van der Waals surface area contributed by atoms with Crippen molar-refractivity contribution in [3.05, 3.63) is 53.9 Å². The van der Waals surface area contributed by atoms with Gasteiger partial charge < -0.3 is 10.2 Å². The lowest BCUT2D eigenvalue weighted by Crippen LogP contribution is -2.45. The first kappa shape index (κ1) is 20.6. The zero-order valence-corrected chi connectivity index (χ0v) is 18.0. The Kier molecular flexibility index (Phi) is 6.21. The summed E-state index contributed by atoms with van der Waals surface area (Å²) in [6.07, 6.45) is 7.53. The zero-order chi connectivity index (χ0) is 21.1. The summed E-state index contributed by atoms with van der Waals surface area (Å²) in [6, 6.07) is 10.4. The van der Waals surface area contributed by atoms with Gasteiger partial charge in [-0.3, -0.25) is 14.3 Å². The Morgan fingerprint density at radius 2 is 1.93 bits per heavy atom. The largest absolute Gasteiger partial charge is 0.352 e. The Morgan fingerprint density at radius 3 is 2.67 bits per heavy atom. The number of nitrogens with zero attached hydrogens (tertiary/aromatic N) is 3. The van der Waals surface area contributed by atoms with E-state index < -0.39 is 0 Å². The lowest BCUT2D eigenvalue weighted by Gasteiger charge is -2.40. The summed E-state index contributed by atoms with van der Waals surface area (Å²) in [6.45, 7) is 6.32. The van der Waals surface area contributed by atoms with E-state index in [-0.39, 0.29) is 17.7 Å². The molecule has 4 rings (SSSR count). The molecule has 2 aliphatic rings. The molecule has 0 radical (unpaired) electrons. The van der Waals surface area contributed by atoms with E-state index in [1.807, 2.05) is 34.0 Å². The summed E-state index contributed by atoms with van der Waals surface area (Å²) >= 11 is 0. The lowest BCUT2D eigenvalue weighted by molar-refractivity contribution is -0.132. The minimum Gasteiger partial charge on any atom is -0.352 e. The second-order valence-electron chi connectivity index (χ2n) is 9.02. The van der Waals surface area contributed by atoms with Crippen molar-refractivity contribution in [1.82, 2.24) is 20.0 Å². The molecule has 1 aromatic heterocycles. The summed E-state index contributed by atoms with van der Waals surface area (Å²) in [5.41, 5.74) is 2.23. The number of hydrogen-bond donors (Lipinski definition) is 1. The summed E-state index contributed by atoms with van der Waals surface area (Å²) in [5.74, 6) is 1.04. The van der Waals surface area contributed by atoms with Crippen molar-refractivity contribution < 1.29 is 9.59 Å². The molecule has 2 heterocycles. The fourth-order valence-corrected chi connectivity index (χ4v) is 4.90. The molecule has 1 saturated heterocycles. The van der Waals surface area contributed by atoms with Gasteiger partial charge in [0.25, 0.3) is 0 Å². The fraction of sp³-hybridized carbons (Fsp3) is 0.542. The van der Waals surface area contributed by atoms with Crippen molar-refractivity contribution >= 4 is 11.8 Å². The van der Waals surface area contributed by atoms with Crippen LogP contribution in [0.2, 0.25) is 0 Å². The third-order valence-corrected chi connectivity index (χ3v) is 6.99. The molecular weight excluding hydrogens is 376 g/mol. The Balaban J connectivity index is 1.28. The van der Waals surface area contributed by atoms with Gasteiger partial charge in [-0.15, -0.1) is 0 Å². The summed E-state index contributed by atoms with van der Waals surface area (Å²) < 4.78 is 1.88. The molecule has 2 aromatic rings. The first-order chi connectivity index (χ1) is 14.5. The van der Waals surface area contributed by atoms with Crippen LogP contribution in [0.4, 0.5) is 0 Å². The van der Waals surface area contributed by atoms with E-state index in [1.54, 1.807) is 6.20 Å². The molecule has 0 bridgehead atoms. The molecule has 30 heavy (non-hydrogen) atoms. The van der Waals surface area contributed by atoms with Crippen LogP contribution in [-0.4, -0.2) is 39.1 Å². The lowest BCUT2D eigenvalue weighted by atomic mass is 9.77. The van der Waals surface area contributed by atoms with E-state index in [4.69, 9.17) is 0 Å². The maximum absolute atomic E-state index is 12.7. The SMILES string of the molecule is CC1CCCC(N2CC(C(=O)NCc3ccc(Cn4cccn4)cc3)CC2=O)C1C. The molecule has 1 N–H and O–H groups in total. The molecule has 1 saturated carbocycles. The first-order valence-electron chi connectivity index (χ1n) is 11.1. The Morgan fingerprint density at radius 1 is 1.17 bits per heavy atom. The summed E-state index contributed by atoms with van der Waals surface area (Å²) in [4.78, 5) is 27.3. The number of likely N-dealkylation sites (tertiary alicyclic amines) is 1. The van der Waals surface area contributed by atoms with Gasteiger partial charge in [0.15, 0.2) is 0 Å². The van der Waals surface area contributed by atoms with Crippen LogP contribution in [0.5, 0.6) is 0 Å². The maximum atomic E-state index is 12.7. The van der Waals surface area contributed by atoms with Gasteiger partial charge >= 0.3 is 0 Å². The van der Waals surface area contributed by atoms with E-state index in [0.29, 0.717) is 37.4 Å². The molecule has 6 nitrogen and oxygen atoms in total. The van der Waals surface area contributed by atoms with Crippen molar-refractivity contribution in [2.75, 3.05) is 6.54 Å². The molecule has 1 aromatic carbocycles. The molecular formula is C24H32N4O2. The van der Waals surface area contributed by atoms with Crippen LogP contribution >= 0.6 is 0 Å². The summed E-state index contributed by atoms with van der Waals surface area (Å²) in [5, 5.41) is 7.25. The van der Waals surface area contributed by atoms with Crippen LogP contribution in [0.15, 0.2) is 42.7 Å². The number of aromatic nitrogens is 2. The molecule has 2 amide bonds. The topological polar surface area (TPSA) is 67.2 Å². The normalized spacial score (nSPS) is 26.7. The standard InChI is InChI=1S/C24H32N4O2/c1-17-5-3-6-22(18(17)2)28-16-21(13-23(28)29)24(30)25-14-19-7-9-20(10-8-19)15-27-12-4-11-26-27/h4,7-12,17-18,21-22H,3,5-6,13-16H2,1-2H3,(H,25,30). The number of rotatable bonds is 6. The number of benzene rings is 1. The van der Waals surface area contributed by atoms with Crippen LogP contribution in [0.3, 0.4) is 0 Å². The second kappa shape index (κ2) is 9.02. The van der Waals surface area contributed by atoms with E-state index in [2.05, 4.69) is 36.4 Å². The van der Waals surface area contributed by atoms with Crippen LogP contribution in [0, 0.1) is 17.8 Å². The average molecular weight is 409 g/mol. The predicted molar refractivity (Wildman–Crippen MR) is 115 cm³/mol. The van der Waals surface area contributed by atoms with Crippen molar-refractivity contribution in [1.29, 1.82) is 0 Å². The number of carbonyl (C=O) groups excluding carboxylic acids is 2. The highest BCUT2D eigenvalue weighted by Crippen LogP contribution is 2.35. The van der Waals surface area contributed by atoms with Gasteiger partial charge in [-0.1, -0.05) is 51.0 Å². The number of nitrogens with one attached hydrogen (secondary N) is 1. The fourth-order valence-electron chi connectivity index (χ4n) is 4.90. The van der Waals surface area contributed by atoms with Gasteiger partial charge in [0.1, 0.15) is 0 Å². The van der Waals surface area contributed by atoms with Crippen molar-refractivity contribution in [3.8, 4) is 0 Å². The highest BCUT2D eigenvalue weighted by Gasteiger charge is 2.41. The van der Waals surface area contributed by atoms with Crippen LogP contribution < -0.4 is 5.32 Å². The second-order valence-corrected chi connectivity index (χ2v) is 9.02. The third-order valence-electron chi connectivity index (χ3n) is 6.99. The smallest absolute Gasteiger partial charge is 0.225 e. The molecule has 0 spiro atoms. The molecule has 4 atom stereocenters. The van der Waals surface area contributed by atoms with Gasteiger partial charge in [0.05, 0.1) is 12.5 Å². The number of hydrogen-bond acceptors (Lipinski definition) is 3. The van der Waals surface area contributed by atoms with Crippen molar-refractivity contribution in [2.24, 2.45) is 17.8 Å². The molecule has 2 fully saturated rings. The van der Waals surface area contributed by atoms with E-state index in [1.165, 1.54) is 18.4 Å². The third kappa shape index (κ3) is 4.58. The average Bonchev–Trinajstić information content (AvgIpc) is 3.39. The Labute approximate surface area is 178 Å². The Bertz CT molecular complexity index is 862. The van der Waals surface area contributed by atoms with E-state index in [0.717, 1.165) is 18.5 Å². The molecule has 4 unspecified atom stereocenters. The molecule has 160 valence electrons. The van der Waals surface area contributed by atoms with Crippen molar-refractivity contribution in [2.45, 2.75) is 58.7 Å². The minimum atomic E-state index is -0.235. The van der Waals surface area contributed by atoms with Gasteiger partial charge in [0, 0.05) is 37.9 Å². The molecule has 1 aliphatic heterocycles. The number of amides is 2. The molecule has 6 heteroatoms. The van der Waals surface area contributed by atoms with E-state index in [9.17, 15) is 9.59 Å². The highest BCUT2D eigenvalue weighted by atomic mass is 16.2. The quantitative estimate of drug-likeness (QED) is 0.798. The van der Waals surface area contributed by atoms with Crippen molar-refractivity contribution in [3.63, 3.8) is 0 Å².